The lowest BCUT2D eigenvalue weighted by Crippen LogP contribution is -1.96. The molecule has 0 aliphatic carbocycles. The van der Waals surface area contributed by atoms with E-state index >= 15 is 0 Å². The van der Waals surface area contributed by atoms with Crippen LogP contribution in [0.15, 0.2) is 36.5 Å². The lowest BCUT2D eigenvalue weighted by atomic mass is 10.1. The number of aromatic carboxylic acids is 1. The fourth-order valence-corrected chi connectivity index (χ4v) is 3.18. The van der Waals surface area contributed by atoms with Crippen LogP contribution in [-0.4, -0.2) is 20.5 Å². The minimum Gasteiger partial charge on any atom is -0.476 e. The van der Waals surface area contributed by atoms with Crippen LogP contribution < -0.4 is 0 Å². The minimum absolute atomic E-state index is 0.0978. The van der Waals surface area contributed by atoms with E-state index in [-0.39, 0.29) is 5.69 Å². The van der Waals surface area contributed by atoms with Gasteiger partial charge in [0.25, 0.3) is 0 Å². The SMILES string of the molecule is Cc1c(Cc2ccccc2)sc2nc(C(=O)O)cn12. The molecule has 5 heteroatoms. The summed E-state index contributed by atoms with van der Waals surface area (Å²) in [6.45, 7) is 2.00. The number of carbonyl (C=O) groups is 1. The smallest absolute Gasteiger partial charge is 0.356 e. The van der Waals surface area contributed by atoms with Crippen LogP contribution in [0, 0.1) is 6.92 Å². The van der Waals surface area contributed by atoms with Gasteiger partial charge in [-0.3, -0.25) is 4.40 Å². The molecule has 0 aliphatic heterocycles. The van der Waals surface area contributed by atoms with E-state index in [9.17, 15) is 4.79 Å². The van der Waals surface area contributed by atoms with Gasteiger partial charge in [0.05, 0.1) is 0 Å². The summed E-state index contributed by atoms with van der Waals surface area (Å²) in [7, 11) is 0. The highest BCUT2D eigenvalue weighted by Crippen LogP contribution is 2.25. The average molecular weight is 272 g/mol. The van der Waals surface area contributed by atoms with Gasteiger partial charge in [-0.2, -0.15) is 0 Å². The van der Waals surface area contributed by atoms with E-state index in [4.69, 9.17) is 5.11 Å². The number of rotatable bonds is 3. The molecule has 0 amide bonds. The zero-order chi connectivity index (χ0) is 13.4. The number of carboxylic acid groups (broad SMARTS) is 1. The van der Waals surface area contributed by atoms with Crippen LogP contribution in [0.4, 0.5) is 0 Å². The Morgan fingerprint density at radius 3 is 2.74 bits per heavy atom. The van der Waals surface area contributed by atoms with E-state index in [1.807, 2.05) is 29.5 Å². The second kappa shape index (κ2) is 4.51. The van der Waals surface area contributed by atoms with Crippen molar-refractivity contribution in [3.63, 3.8) is 0 Å². The first-order chi connectivity index (χ1) is 9.15. The maximum atomic E-state index is 10.9. The van der Waals surface area contributed by atoms with Crippen LogP contribution in [0.25, 0.3) is 4.96 Å². The Morgan fingerprint density at radius 1 is 1.37 bits per heavy atom. The Bertz CT molecular complexity index is 743. The molecule has 3 rings (SSSR count). The Balaban J connectivity index is 1.99. The molecule has 96 valence electrons. The number of nitrogens with zero attached hydrogens (tertiary/aromatic N) is 2. The topological polar surface area (TPSA) is 54.6 Å². The molecule has 3 aromatic rings. The predicted octanol–water partition coefficient (Wildman–Crippen LogP) is 2.99. The molecule has 4 nitrogen and oxygen atoms in total. The number of benzene rings is 1. The van der Waals surface area contributed by atoms with E-state index in [0.717, 1.165) is 17.1 Å². The Kier molecular flexibility index (Phi) is 2.83. The first-order valence-corrected chi connectivity index (χ1v) is 6.71. The van der Waals surface area contributed by atoms with Crippen molar-refractivity contribution in [2.75, 3.05) is 0 Å². The molecule has 0 fully saturated rings. The van der Waals surface area contributed by atoms with Gasteiger partial charge in [0, 0.05) is 23.2 Å². The molecule has 0 saturated heterocycles. The summed E-state index contributed by atoms with van der Waals surface area (Å²) in [4.78, 5) is 17.0. The summed E-state index contributed by atoms with van der Waals surface area (Å²) in [5.41, 5.74) is 2.40. The Hall–Kier alpha value is -2.14. The van der Waals surface area contributed by atoms with Gasteiger partial charge < -0.3 is 5.11 Å². The molecule has 19 heavy (non-hydrogen) atoms. The van der Waals surface area contributed by atoms with Crippen molar-refractivity contribution in [1.82, 2.24) is 9.38 Å². The normalized spacial score (nSPS) is 11.0. The maximum absolute atomic E-state index is 10.9. The van der Waals surface area contributed by atoms with Crippen LogP contribution in [0.3, 0.4) is 0 Å². The quantitative estimate of drug-likeness (QED) is 0.797. The first kappa shape index (κ1) is 11.9. The van der Waals surface area contributed by atoms with E-state index in [0.29, 0.717) is 0 Å². The molecule has 0 radical (unpaired) electrons. The lowest BCUT2D eigenvalue weighted by molar-refractivity contribution is 0.0691. The van der Waals surface area contributed by atoms with Crippen molar-refractivity contribution in [3.05, 3.63) is 58.4 Å². The zero-order valence-electron chi connectivity index (χ0n) is 10.3. The Labute approximate surface area is 114 Å². The predicted molar refractivity (Wildman–Crippen MR) is 74.0 cm³/mol. The molecular formula is C14H12N2O2S. The van der Waals surface area contributed by atoms with Crippen molar-refractivity contribution in [2.45, 2.75) is 13.3 Å². The molecule has 2 aromatic heterocycles. The van der Waals surface area contributed by atoms with E-state index in [1.54, 1.807) is 17.5 Å². The fraction of sp³-hybridized carbons (Fsp3) is 0.143. The highest BCUT2D eigenvalue weighted by molar-refractivity contribution is 7.17. The van der Waals surface area contributed by atoms with Gasteiger partial charge in [-0.05, 0) is 12.5 Å². The van der Waals surface area contributed by atoms with Crippen molar-refractivity contribution in [1.29, 1.82) is 0 Å². The van der Waals surface area contributed by atoms with Crippen LogP contribution in [0.5, 0.6) is 0 Å². The average Bonchev–Trinajstić information content (AvgIpc) is 2.92. The molecule has 0 aliphatic rings. The number of imidazole rings is 1. The number of aromatic nitrogens is 2. The summed E-state index contributed by atoms with van der Waals surface area (Å²) < 4.78 is 1.85. The van der Waals surface area contributed by atoms with Crippen LogP contribution in [0.1, 0.15) is 26.6 Å². The summed E-state index contributed by atoms with van der Waals surface area (Å²) >= 11 is 1.55. The number of hydrogen-bond acceptors (Lipinski definition) is 3. The highest BCUT2D eigenvalue weighted by Gasteiger charge is 2.15. The van der Waals surface area contributed by atoms with Crippen molar-refractivity contribution in [3.8, 4) is 0 Å². The molecule has 0 bridgehead atoms. The lowest BCUT2D eigenvalue weighted by Gasteiger charge is -1.99. The molecular weight excluding hydrogens is 260 g/mol. The van der Waals surface area contributed by atoms with Crippen molar-refractivity contribution >= 4 is 22.3 Å². The fourth-order valence-electron chi connectivity index (χ4n) is 2.04. The summed E-state index contributed by atoms with van der Waals surface area (Å²) in [5.74, 6) is -0.986. The number of thiazole rings is 1. The summed E-state index contributed by atoms with van der Waals surface area (Å²) in [6.07, 6.45) is 2.43. The second-order valence-electron chi connectivity index (χ2n) is 4.36. The molecule has 0 atom stereocenters. The van der Waals surface area contributed by atoms with Gasteiger partial charge in [-0.1, -0.05) is 30.3 Å². The van der Waals surface area contributed by atoms with Gasteiger partial charge in [-0.15, -0.1) is 11.3 Å². The number of aryl methyl sites for hydroxylation is 1. The standard InChI is InChI=1S/C14H12N2O2S/c1-9-12(7-10-5-3-2-4-6-10)19-14-15-11(13(17)18)8-16(9)14/h2-6,8H,7H2,1H3,(H,17,18). The van der Waals surface area contributed by atoms with Crippen molar-refractivity contribution < 1.29 is 9.90 Å². The third kappa shape index (κ3) is 2.13. The van der Waals surface area contributed by atoms with Gasteiger partial charge >= 0.3 is 5.97 Å². The van der Waals surface area contributed by atoms with E-state index in [2.05, 4.69) is 17.1 Å². The number of fused-ring (bicyclic) bond motifs is 1. The van der Waals surface area contributed by atoms with Crippen LogP contribution in [0.2, 0.25) is 0 Å². The van der Waals surface area contributed by atoms with E-state index < -0.39 is 5.97 Å². The van der Waals surface area contributed by atoms with Gasteiger partial charge in [0.15, 0.2) is 10.7 Å². The second-order valence-corrected chi connectivity index (χ2v) is 5.42. The molecule has 1 N–H and O–H groups in total. The maximum Gasteiger partial charge on any atom is 0.356 e. The monoisotopic (exact) mass is 272 g/mol. The third-order valence-electron chi connectivity index (χ3n) is 3.08. The van der Waals surface area contributed by atoms with Crippen LogP contribution in [-0.2, 0) is 6.42 Å². The molecule has 0 unspecified atom stereocenters. The highest BCUT2D eigenvalue weighted by atomic mass is 32.1. The summed E-state index contributed by atoms with van der Waals surface area (Å²) in [6, 6.07) is 10.2. The van der Waals surface area contributed by atoms with Gasteiger partial charge in [0.2, 0.25) is 0 Å². The molecule has 0 saturated carbocycles. The number of hydrogen-bond donors (Lipinski definition) is 1. The zero-order valence-corrected chi connectivity index (χ0v) is 11.1. The number of carboxylic acids is 1. The molecule has 0 spiro atoms. The third-order valence-corrected chi connectivity index (χ3v) is 4.24. The Morgan fingerprint density at radius 2 is 2.11 bits per heavy atom. The largest absolute Gasteiger partial charge is 0.476 e. The van der Waals surface area contributed by atoms with Crippen molar-refractivity contribution in [2.24, 2.45) is 0 Å². The summed E-state index contributed by atoms with van der Waals surface area (Å²) in [5, 5.41) is 8.93. The molecule has 1 aromatic carbocycles. The van der Waals surface area contributed by atoms with Gasteiger partial charge in [0.1, 0.15) is 0 Å². The van der Waals surface area contributed by atoms with E-state index in [1.165, 1.54) is 10.4 Å². The van der Waals surface area contributed by atoms with Gasteiger partial charge in [-0.25, -0.2) is 9.78 Å². The molecule has 2 heterocycles. The minimum atomic E-state index is -0.986. The first-order valence-electron chi connectivity index (χ1n) is 5.90. The van der Waals surface area contributed by atoms with Crippen LogP contribution >= 0.6 is 11.3 Å².